The maximum absolute atomic E-state index is 14.2. The van der Waals surface area contributed by atoms with Crippen molar-refractivity contribution in [2.45, 2.75) is 13.3 Å². The van der Waals surface area contributed by atoms with Gasteiger partial charge in [0.05, 0.1) is 17.3 Å². The lowest BCUT2D eigenvalue weighted by Crippen LogP contribution is -2.47. The number of carbonyl (C=O) groups is 1. The lowest BCUT2D eigenvalue weighted by atomic mass is 10.1. The first kappa shape index (κ1) is 26.5. The van der Waals surface area contributed by atoms with Crippen molar-refractivity contribution in [2.75, 3.05) is 47.9 Å². The number of amides is 1. The van der Waals surface area contributed by atoms with E-state index in [-0.39, 0.29) is 32.1 Å². The SMILES string of the molecule is CCCOc1ccc(C(=O)Nc2ccc(N3CCN(c4c(F)c(F)c(F)c(F)c4F)CC3)c(Cl)c2)cc1. The van der Waals surface area contributed by atoms with Gasteiger partial charge in [-0.1, -0.05) is 18.5 Å². The van der Waals surface area contributed by atoms with E-state index in [1.54, 1.807) is 42.5 Å². The Hall–Kier alpha value is -3.53. The van der Waals surface area contributed by atoms with Gasteiger partial charge in [-0.05, 0) is 48.9 Å². The van der Waals surface area contributed by atoms with Crippen LogP contribution in [0.15, 0.2) is 42.5 Å². The molecule has 0 aliphatic carbocycles. The van der Waals surface area contributed by atoms with Crippen molar-refractivity contribution < 1.29 is 31.5 Å². The number of nitrogens with zero attached hydrogens (tertiary/aromatic N) is 2. The van der Waals surface area contributed by atoms with Crippen molar-refractivity contribution in [3.05, 3.63) is 82.1 Å². The van der Waals surface area contributed by atoms with Crippen LogP contribution in [0.1, 0.15) is 23.7 Å². The number of anilines is 3. The van der Waals surface area contributed by atoms with E-state index in [1.807, 2.05) is 11.8 Å². The third kappa shape index (κ3) is 5.58. The molecule has 1 fully saturated rings. The molecule has 1 aliphatic heterocycles. The molecule has 11 heteroatoms. The number of halogens is 6. The number of nitrogens with one attached hydrogen (secondary N) is 1. The van der Waals surface area contributed by atoms with Crippen LogP contribution in [-0.2, 0) is 0 Å². The number of rotatable bonds is 7. The first-order chi connectivity index (χ1) is 17.7. The fraction of sp³-hybridized carbons (Fsp3) is 0.269. The van der Waals surface area contributed by atoms with E-state index in [2.05, 4.69) is 5.32 Å². The Morgan fingerprint density at radius 3 is 2.00 bits per heavy atom. The Balaban J connectivity index is 1.40. The highest BCUT2D eigenvalue weighted by Gasteiger charge is 2.31. The Labute approximate surface area is 215 Å². The van der Waals surface area contributed by atoms with Gasteiger partial charge in [-0.25, -0.2) is 22.0 Å². The van der Waals surface area contributed by atoms with Crippen molar-refractivity contribution in [1.82, 2.24) is 0 Å². The minimum atomic E-state index is -2.19. The minimum absolute atomic E-state index is 0.00509. The zero-order valence-corrected chi connectivity index (χ0v) is 20.5. The van der Waals surface area contributed by atoms with Gasteiger partial charge in [0.15, 0.2) is 23.3 Å². The fourth-order valence-electron chi connectivity index (χ4n) is 4.01. The smallest absolute Gasteiger partial charge is 0.255 e. The molecule has 0 spiro atoms. The molecule has 1 amide bonds. The van der Waals surface area contributed by atoms with Crippen LogP contribution in [0.2, 0.25) is 5.02 Å². The highest BCUT2D eigenvalue weighted by atomic mass is 35.5. The van der Waals surface area contributed by atoms with E-state index in [0.717, 1.165) is 11.3 Å². The second kappa shape index (κ2) is 11.2. The fourth-order valence-corrected chi connectivity index (χ4v) is 4.31. The van der Waals surface area contributed by atoms with E-state index in [1.165, 1.54) is 0 Å². The van der Waals surface area contributed by atoms with Crippen molar-refractivity contribution in [3.63, 3.8) is 0 Å². The van der Waals surface area contributed by atoms with Crippen LogP contribution in [0.4, 0.5) is 39.0 Å². The summed E-state index contributed by atoms with van der Waals surface area (Å²) in [4.78, 5) is 15.5. The van der Waals surface area contributed by atoms with E-state index < -0.39 is 34.8 Å². The van der Waals surface area contributed by atoms with E-state index >= 15 is 0 Å². The quantitative estimate of drug-likeness (QED) is 0.214. The summed E-state index contributed by atoms with van der Waals surface area (Å²) in [5, 5.41) is 3.10. The molecule has 0 bridgehead atoms. The standard InChI is InChI=1S/C26H23ClF5N3O2/c1-2-13-37-17-6-3-15(4-7-17)26(36)33-16-5-8-19(18(27)14-16)34-9-11-35(12-10-34)25-23(31)21(29)20(28)22(30)24(25)32/h3-8,14H,2,9-13H2,1H3,(H,33,36). The first-order valence-electron chi connectivity index (χ1n) is 11.6. The summed E-state index contributed by atoms with van der Waals surface area (Å²) in [5.41, 5.74) is 0.567. The number of ether oxygens (including phenoxy) is 1. The molecule has 0 atom stereocenters. The molecular formula is C26H23ClF5N3O2. The van der Waals surface area contributed by atoms with Crippen molar-refractivity contribution in [1.29, 1.82) is 0 Å². The molecule has 196 valence electrons. The zero-order valence-electron chi connectivity index (χ0n) is 19.8. The molecule has 0 unspecified atom stereocenters. The lowest BCUT2D eigenvalue weighted by molar-refractivity contribution is 0.102. The van der Waals surface area contributed by atoms with Crippen LogP contribution >= 0.6 is 11.6 Å². The third-order valence-electron chi connectivity index (χ3n) is 5.92. The summed E-state index contributed by atoms with van der Waals surface area (Å²) in [7, 11) is 0. The molecule has 1 aliphatic rings. The van der Waals surface area contributed by atoms with Gasteiger partial charge in [-0.3, -0.25) is 4.79 Å². The number of hydrogen-bond acceptors (Lipinski definition) is 4. The molecule has 0 aromatic heterocycles. The Bertz CT molecular complexity index is 1270. The normalized spacial score (nSPS) is 13.6. The van der Waals surface area contributed by atoms with E-state index in [9.17, 15) is 26.7 Å². The molecule has 4 rings (SSSR count). The number of piperazine rings is 1. The van der Waals surface area contributed by atoms with Crippen LogP contribution in [0.5, 0.6) is 5.75 Å². The maximum atomic E-state index is 14.2. The summed E-state index contributed by atoms with van der Waals surface area (Å²) >= 11 is 6.44. The molecule has 0 saturated carbocycles. The second-order valence-corrected chi connectivity index (χ2v) is 8.79. The summed E-state index contributed by atoms with van der Waals surface area (Å²) in [6.45, 7) is 3.03. The topological polar surface area (TPSA) is 44.8 Å². The summed E-state index contributed by atoms with van der Waals surface area (Å²) in [5.74, 6) is -9.50. The zero-order chi connectivity index (χ0) is 26.7. The van der Waals surface area contributed by atoms with Crippen molar-refractivity contribution >= 4 is 34.6 Å². The highest BCUT2D eigenvalue weighted by Crippen LogP contribution is 2.33. The number of hydrogen-bond donors (Lipinski definition) is 1. The molecule has 5 nitrogen and oxygen atoms in total. The van der Waals surface area contributed by atoms with Gasteiger partial charge in [-0.2, -0.15) is 0 Å². The van der Waals surface area contributed by atoms with Gasteiger partial charge < -0.3 is 19.9 Å². The van der Waals surface area contributed by atoms with Gasteiger partial charge in [0.2, 0.25) is 5.82 Å². The van der Waals surface area contributed by atoms with Gasteiger partial charge >= 0.3 is 0 Å². The molecule has 1 N–H and O–H groups in total. The largest absolute Gasteiger partial charge is 0.494 e. The van der Waals surface area contributed by atoms with Gasteiger partial charge in [0.1, 0.15) is 11.4 Å². The molecule has 1 heterocycles. The van der Waals surface area contributed by atoms with Crippen molar-refractivity contribution in [2.24, 2.45) is 0 Å². The Morgan fingerprint density at radius 2 is 1.43 bits per heavy atom. The Kier molecular flexibility index (Phi) is 8.06. The van der Waals surface area contributed by atoms with Crippen LogP contribution < -0.4 is 19.9 Å². The van der Waals surface area contributed by atoms with Gasteiger partial charge in [0.25, 0.3) is 5.91 Å². The lowest BCUT2D eigenvalue weighted by Gasteiger charge is -2.38. The average molecular weight is 540 g/mol. The predicted molar refractivity (Wildman–Crippen MR) is 132 cm³/mol. The minimum Gasteiger partial charge on any atom is -0.494 e. The predicted octanol–water partition coefficient (Wildman–Crippen LogP) is 6.40. The Morgan fingerprint density at radius 1 is 0.865 bits per heavy atom. The second-order valence-electron chi connectivity index (χ2n) is 8.39. The van der Waals surface area contributed by atoms with Crippen LogP contribution in [0, 0.1) is 29.1 Å². The average Bonchev–Trinajstić information content (AvgIpc) is 2.90. The van der Waals surface area contributed by atoms with Crippen LogP contribution in [0.25, 0.3) is 0 Å². The molecule has 0 radical (unpaired) electrons. The number of carbonyl (C=O) groups excluding carboxylic acids is 1. The van der Waals surface area contributed by atoms with E-state index in [0.29, 0.717) is 34.3 Å². The molecule has 3 aromatic carbocycles. The molecule has 3 aromatic rings. The van der Waals surface area contributed by atoms with Crippen LogP contribution in [-0.4, -0.2) is 38.7 Å². The summed E-state index contributed by atoms with van der Waals surface area (Å²) in [6, 6.07) is 11.7. The molecule has 1 saturated heterocycles. The van der Waals surface area contributed by atoms with Gasteiger partial charge in [-0.15, -0.1) is 0 Å². The highest BCUT2D eigenvalue weighted by molar-refractivity contribution is 6.33. The number of benzene rings is 3. The first-order valence-corrected chi connectivity index (χ1v) is 11.9. The van der Waals surface area contributed by atoms with Crippen molar-refractivity contribution in [3.8, 4) is 5.75 Å². The third-order valence-corrected chi connectivity index (χ3v) is 6.22. The summed E-state index contributed by atoms with van der Waals surface area (Å²) in [6.07, 6.45) is 0.875. The summed E-state index contributed by atoms with van der Waals surface area (Å²) < 4.78 is 74.4. The molecule has 37 heavy (non-hydrogen) atoms. The van der Waals surface area contributed by atoms with Gasteiger partial charge in [0, 0.05) is 37.4 Å². The molecular weight excluding hydrogens is 517 g/mol. The van der Waals surface area contributed by atoms with Crippen LogP contribution in [0.3, 0.4) is 0 Å². The van der Waals surface area contributed by atoms with E-state index in [4.69, 9.17) is 16.3 Å². The maximum Gasteiger partial charge on any atom is 0.255 e. The monoisotopic (exact) mass is 539 g/mol.